The highest BCUT2D eigenvalue weighted by Gasteiger charge is 2.32. The molecule has 1 amide bonds. The fraction of sp³-hybridized carbons (Fsp3) is 0.292. The number of aromatic nitrogens is 5. The molecule has 4 aromatic heterocycles. The number of hydrogen-bond acceptors (Lipinski definition) is 8. The first-order valence-electron chi connectivity index (χ1n) is 11.6. The molecule has 5 rings (SSSR count). The standard InChI is InChI=1S/C24H24F3N9O/c1-34-10-12-35(13-11-34)15-21(37)31-20-14-16(7-8-28-20)29-23-18-5-3-9-36(18)33-22(32-23)17-4-2-6-19(30-17)24(25,26)27/h2-9,14H,10-13,15H2,1H3,(H2,28,29,31,32,33,37). The maximum atomic E-state index is 13.2. The summed E-state index contributed by atoms with van der Waals surface area (Å²) in [6.45, 7) is 3.75. The van der Waals surface area contributed by atoms with E-state index in [0.29, 0.717) is 22.8 Å². The van der Waals surface area contributed by atoms with Crippen LogP contribution in [0.5, 0.6) is 0 Å². The summed E-state index contributed by atoms with van der Waals surface area (Å²) < 4.78 is 41.0. The van der Waals surface area contributed by atoms with E-state index in [1.54, 1.807) is 36.7 Å². The van der Waals surface area contributed by atoms with Crippen molar-refractivity contribution in [3.8, 4) is 11.5 Å². The van der Waals surface area contributed by atoms with Gasteiger partial charge >= 0.3 is 6.18 Å². The lowest BCUT2D eigenvalue weighted by atomic mass is 10.3. The molecule has 5 heterocycles. The van der Waals surface area contributed by atoms with Crippen molar-refractivity contribution in [2.24, 2.45) is 0 Å². The van der Waals surface area contributed by atoms with Gasteiger partial charge in [0.2, 0.25) is 11.7 Å². The van der Waals surface area contributed by atoms with E-state index in [-0.39, 0.29) is 24.0 Å². The van der Waals surface area contributed by atoms with Gasteiger partial charge in [0.25, 0.3) is 0 Å². The Bertz CT molecular complexity index is 1410. The van der Waals surface area contributed by atoms with Crippen LogP contribution >= 0.6 is 0 Å². The molecule has 2 N–H and O–H groups in total. The van der Waals surface area contributed by atoms with Crippen molar-refractivity contribution in [2.45, 2.75) is 6.18 Å². The Kier molecular flexibility index (Phi) is 6.72. The van der Waals surface area contributed by atoms with Gasteiger partial charge in [-0.25, -0.2) is 19.5 Å². The molecule has 0 bridgehead atoms. The number of carbonyl (C=O) groups is 1. The minimum absolute atomic E-state index is 0.0138. The summed E-state index contributed by atoms with van der Waals surface area (Å²) in [5.41, 5.74) is 0.143. The molecule has 0 aliphatic carbocycles. The normalized spacial score (nSPS) is 15.1. The van der Waals surface area contributed by atoms with Crippen LogP contribution in [0.1, 0.15) is 5.69 Å². The van der Waals surface area contributed by atoms with Crippen molar-refractivity contribution in [3.05, 3.63) is 60.6 Å². The summed E-state index contributed by atoms with van der Waals surface area (Å²) >= 11 is 0. The van der Waals surface area contributed by atoms with E-state index in [2.05, 4.69) is 47.5 Å². The molecule has 192 valence electrons. The van der Waals surface area contributed by atoms with Gasteiger partial charge in [-0.3, -0.25) is 9.69 Å². The lowest BCUT2D eigenvalue weighted by Crippen LogP contribution is -2.47. The number of alkyl halides is 3. The number of piperazine rings is 1. The minimum atomic E-state index is -4.59. The number of likely N-dealkylation sites (N-methyl/N-ethyl adjacent to an activating group) is 1. The van der Waals surface area contributed by atoms with Gasteiger partial charge in [-0.2, -0.15) is 13.2 Å². The number of nitrogens with zero attached hydrogens (tertiary/aromatic N) is 7. The Morgan fingerprint density at radius 3 is 2.65 bits per heavy atom. The molecular weight excluding hydrogens is 487 g/mol. The van der Waals surface area contributed by atoms with Gasteiger partial charge in [0.1, 0.15) is 22.7 Å². The lowest BCUT2D eigenvalue weighted by molar-refractivity contribution is -0.141. The van der Waals surface area contributed by atoms with Crippen LogP contribution in [0.2, 0.25) is 0 Å². The van der Waals surface area contributed by atoms with E-state index >= 15 is 0 Å². The van der Waals surface area contributed by atoms with Gasteiger partial charge in [-0.05, 0) is 37.4 Å². The molecule has 1 aliphatic rings. The Morgan fingerprint density at radius 1 is 1.05 bits per heavy atom. The average molecular weight is 512 g/mol. The third-order valence-corrected chi connectivity index (χ3v) is 5.91. The predicted molar refractivity (Wildman–Crippen MR) is 131 cm³/mol. The molecule has 1 aliphatic heterocycles. The highest BCUT2D eigenvalue weighted by atomic mass is 19.4. The summed E-state index contributed by atoms with van der Waals surface area (Å²) in [6, 6.07) is 10.4. The molecule has 37 heavy (non-hydrogen) atoms. The minimum Gasteiger partial charge on any atom is -0.338 e. The van der Waals surface area contributed by atoms with Gasteiger partial charge in [0.05, 0.1) is 6.54 Å². The topological polar surface area (TPSA) is 104 Å². The van der Waals surface area contributed by atoms with Crippen LogP contribution < -0.4 is 10.6 Å². The molecule has 1 fully saturated rings. The Hall–Kier alpha value is -4.10. The van der Waals surface area contributed by atoms with E-state index in [4.69, 9.17) is 0 Å². The molecule has 10 nitrogen and oxygen atoms in total. The number of fused-ring (bicyclic) bond motifs is 1. The predicted octanol–water partition coefficient (Wildman–Crippen LogP) is 3.13. The van der Waals surface area contributed by atoms with Crippen LogP contribution in [0, 0.1) is 0 Å². The molecular formula is C24H24F3N9O. The number of hydrogen-bond donors (Lipinski definition) is 2. The van der Waals surface area contributed by atoms with E-state index in [1.807, 2.05) is 0 Å². The highest BCUT2D eigenvalue weighted by molar-refractivity contribution is 5.92. The van der Waals surface area contributed by atoms with Crippen LogP contribution in [0.3, 0.4) is 0 Å². The smallest absolute Gasteiger partial charge is 0.338 e. The van der Waals surface area contributed by atoms with Gasteiger partial charge < -0.3 is 15.5 Å². The molecule has 0 radical (unpaired) electrons. The Balaban J connectivity index is 1.36. The molecule has 0 unspecified atom stereocenters. The Morgan fingerprint density at radius 2 is 1.86 bits per heavy atom. The van der Waals surface area contributed by atoms with Crippen molar-refractivity contribution >= 4 is 28.7 Å². The first-order chi connectivity index (χ1) is 17.7. The first-order valence-corrected chi connectivity index (χ1v) is 11.6. The van der Waals surface area contributed by atoms with Gasteiger partial charge in [-0.15, -0.1) is 5.10 Å². The number of nitrogens with one attached hydrogen (secondary N) is 2. The van der Waals surface area contributed by atoms with Crippen molar-refractivity contribution in [1.29, 1.82) is 0 Å². The number of pyridine rings is 2. The van der Waals surface area contributed by atoms with E-state index in [1.165, 1.54) is 16.6 Å². The van der Waals surface area contributed by atoms with E-state index in [0.717, 1.165) is 32.2 Å². The SMILES string of the molecule is CN1CCN(CC(=O)Nc2cc(Nc3nc(-c4cccc(C(F)(F)F)n4)nn4cccc34)ccn2)CC1. The van der Waals surface area contributed by atoms with Gasteiger partial charge in [0.15, 0.2) is 5.82 Å². The fourth-order valence-electron chi connectivity index (χ4n) is 3.96. The number of carbonyl (C=O) groups excluding carboxylic acids is 1. The number of halogens is 3. The van der Waals surface area contributed by atoms with Crippen molar-refractivity contribution in [2.75, 3.05) is 50.4 Å². The third kappa shape index (κ3) is 5.84. The monoisotopic (exact) mass is 511 g/mol. The summed E-state index contributed by atoms with van der Waals surface area (Å²) in [4.78, 5) is 29.2. The van der Waals surface area contributed by atoms with Crippen molar-refractivity contribution < 1.29 is 18.0 Å². The van der Waals surface area contributed by atoms with Crippen LogP contribution in [0.15, 0.2) is 54.9 Å². The lowest BCUT2D eigenvalue weighted by Gasteiger charge is -2.31. The zero-order chi connectivity index (χ0) is 26.0. The number of rotatable bonds is 6. The number of amides is 1. The zero-order valence-electron chi connectivity index (χ0n) is 19.9. The third-order valence-electron chi connectivity index (χ3n) is 5.91. The fourth-order valence-corrected chi connectivity index (χ4v) is 3.96. The molecule has 0 saturated carbocycles. The molecule has 4 aromatic rings. The molecule has 0 spiro atoms. The van der Waals surface area contributed by atoms with Crippen LogP contribution in [-0.4, -0.2) is 80.0 Å². The van der Waals surface area contributed by atoms with Crippen molar-refractivity contribution in [3.63, 3.8) is 0 Å². The van der Waals surface area contributed by atoms with Crippen molar-refractivity contribution in [1.82, 2.24) is 34.4 Å². The second-order valence-corrected chi connectivity index (χ2v) is 8.71. The average Bonchev–Trinajstić information content (AvgIpc) is 3.34. The highest BCUT2D eigenvalue weighted by Crippen LogP contribution is 2.29. The van der Waals surface area contributed by atoms with Crippen LogP contribution in [0.25, 0.3) is 17.0 Å². The second-order valence-electron chi connectivity index (χ2n) is 8.71. The summed E-state index contributed by atoms with van der Waals surface area (Å²) in [5, 5.41) is 10.3. The Labute approximate surface area is 210 Å². The molecule has 0 aromatic carbocycles. The van der Waals surface area contributed by atoms with E-state index < -0.39 is 11.9 Å². The number of anilines is 3. The van der Waals surface area contributed by atoms with Crippen LogP contribution in [0.4, 0.5) is 30.5 Å². The van der Waals surface area contributed by atoms with Gasteiger partial charge in [0, 0.05) is 50.3 Å². The maximum Gasteiger partial charge on any atom is 0.433 e. The van der Waals surface area contributed by atoms with E-state index in [9.17, 15) is 18.0 Å². The molecule has 1 saturated heterocycles. The summed E-state index contributed by atoms with van der Waals surface area (Å²) in [7, 11) is 2.05. The largest absolute Gasteiger partial charge is 0.433 e. The molecule has 0 atom stereocenters. The maximum absolute atomic E-state index is 13.2. The van der Waals surface area contributed by atoms with Gasteiger partial charge in [-0.1, -0.05) is 6.07 Å². The summed E-state index contributed by atoms with van der Waals surface area (Å²) in [5.74, 6) is 0.578. The second kappa shape index (κ2) is 10.1. The van der Waals surface area contributed by atoms with Crippen LogP contribution in [-0.2, 0) is 11.0 Å². The first kappa shape index (κ1) is 24.6. The summed E-state index contributed by atoms with van der Waals surface area (Å²) in [6.07, 6.45) is -1.38. The zero-order valence-corrected chi connectivity index (χ0v) is 19.9. The molecule has 13 heteroatoms. The quantitative estimate of drug-likeness (QED) is 0.407.